The lowest BCUT2D eigenvalue weighted by Crippen LogP contribution is -2.24. The first kappa shape index (κ1) is 7.71. The molecule has 1 fully saturated rings. The van der Waals surface area contributed by atoms with E-state index in [1.165, 1.54) is 0 Å². The average Bonchev–Trinajstić information content (AvgIpc) is 1.64. The van der Waals surface area contributed by atoms with Gasteiger partial charge in [-0.25, -0.2) is 0 Å². The number of hydrogen-bond donors (Lipinski definition) is 0. The van der Waals surface area contributed by atoms with Crippen LogP contribution in [0.4, 0.5) is 0 Å². The third-order valence-corrected chi connectivity index (χ3v) is 28.9. The molecular formula is C3H10Br2Si3. The molecule has 0 aromatic heterocycles. The molecule has 0 spiro atoms. The highest BCUT2D eigenvalue weighted by atomic mass is 79.9. The fraction of sp³-hybridized carbons (Fsp3) is 1.00. The second kappa shape index (κ2) is 3.70. The van der Waals surface area contributed by atoms with Crippen molar-refractivity contribution in [2.45, 2.75) is 17.0 Å². The highest BCUT2D eigenvalue weighted by Gasteiger charge is 2.19. The van der Waals surface area contributed by atoms with Crippen LogP contribution in [0.2, 0.25) is 17.0 Å². The molecule has 0 radical (unpaired) electrons. The minimum atomic E-state index is -0.263. The molecule has 1 rings (SSSR count). The lowest BCUT2D eigenvalue weighted by molar-refractivity contribution is 1.69. The topological polar surface area (TPSA) is 0 Å². The van der Waals surface area contributed by atoms with Gasteiger partial charge in [-0.1, -0.05) is 11.3 Å². The lowest BCUT2D eigenvalue weighted by atomic mass is 11.8. The molecule has 48 valence electrons. The Kier molecular flexibility index (Phi) is 3.57. The average molecular weight is 290 g/mol. The Labute approximate surface area is 71.6 Å². The van der Waals surface area contributed by atoms with E-state index < -0.39 is 0 Å². The van der Waals surface area contributed by atoms with E-state index in [4.69, 9.17) is 0 Å². The summed E-state index contributed by atoms with van der Waals surface area (Å²) in [6.07, 6.45) is 0. The SMILES string of the molecule is Br[SiH]1C[SiH2]C[SiH](Br)C1. The maximum absolute atomic E-state index is 3.81. The van der Waals surface area contributed by atoms with Crippen molar-refractivity contribution in [3.05, 3.63) is 0 Å². The van der Waals surface area contributed by atoms with Gasteiger partial charge >= 0.3 is 0 Å². The molecule has 0 aromatic rings. The summed E-state index contributed by atoms with van der Waals surface area (Å²) < 4.78 is 0. The molecule has 1 heterocycles. The zero-order valence-electron chi connectivity index (χ0n) is 4.74. The number of halogens is 2. The molecule has 1 aliphatic rings. The minimum Gasteiger partial charge on any atom is -0.131 e. The van der Waals surface area contributed by atoms with E-state index in [1.54, 1.807) is 17.0 Å². The van der Waals surface area contributed by atoms with Crippen molar-refractivity contribution in [3.63, 3.8) is 0 Å². The normalized spacial score (nSPS) is 42.8. The zero-order chi connectivity index (χ0) is 5.98. The standard InChI is InChI=1S/C3H10Br2Si3/c4-7-1-6-2-8(5)3-7/h7-8H,1-3,6H2. The van der Waals surface area contributed by atoms with Gasteiger partial charge in [0.05, 0.1) is 0 Å². The van der Waals surface area contributed by atoms with Gasteiger partial charge in [-0.15, -0.1) is 30.6 Å². The van der Waals surface area contributed by atoms with Crippen molar-refractivity contribution in [3.8, 4) is 0 Å². The quantitative estimate of drug-likeness (QED) is 0.458. The van der Waals surface area contributed by atoms with Crippen molar-refractivity contribution < 1.29 is 0 Å². The van der Waals surface area contributed by atoms with E-state index >= 15 is 0 Å². The molecule has 8 heavy (non-hydrogen) atoms. The lowest BCUT2D eigenvalue weighted by Gasteiger charge is -2.17. The van der Waals surface area contributed by atoms with E-state index in [-0.39, 0.29) is 14.8 Å². The summed E-state index contributed by atoms with van der Waals surface area (Å²) in [5.41, 5.74) is 4.97. The van der Waals surface area contributed by atoms with Gasteiger partial charge < -0.3 is 0 Å². The molecule has 5 heteroatoms. The van der Waals surface area contributed by atoms with Gasteiger partial charge in [-0.2, -0.15) is 0 Å². The zero-order valence-corrected chi connectivity index (χ0v) is 11.6. The predicted molar refractivity (Wildman–Crippen MR) is 55.1 cm³/mol. The van der Waals surface area contributed by atoms with Crippen LogP contribution in [0.1, 0.15) is 0 Å². The molecule has 0 amide bonds. The predicted octanol–water partition coefficient (Wildman–Crippen LogP) is 0.860. The Morgan fingerprint density at radius 1 is 1.12 bits per heavy atom. The Balaban J connectivity index is 2.23. The van der Waals surface area contributed by atoms with Crippen LogP contribution in [0.15, 0.2) is 0 Å². The molecular weight excluding hydrogens is 280 g/mol. The van der Waals surface area contributed by atoms with Crippen LogP contribution >= 0.6 is 30.6 Å². The Bertz CT molecular complexity index is 70.9. The Morgan fingerprint density at radius 2 is 1.62 bits per heavy atom. The third kappa shape index (κ3) is 2.47. The van der Waals surface area contributed by atoms with Crippen molar-refractivity contribution >= 4 is 54.9 Å². The van der Waals surface area contributed by atoms with E-state index in [9.17, 15) is 0 Å². The largest absolute Gasteiger partial charge is 0.131 e. The van der Waals surface area contributed by atoms with E-state index in [2.05, 4.69) is 30.6 Å². The minimum absolute atomic E-state index is 0.263. The van der Waals surface area contributed by atoms with Gasteiger partial charge in [-0.3, -0.25) is 0 Å². The molecule has 2 unspecified atom stereocenters. The maximum atomic E-state index is 3.81. The molecule has 2 atom stereocenters. The third-order valence-electron chi connectivity index (χ3n) is 1.55. The van der Waals surface area contributed by atoms with Crippen LogP contribution in [-0.4, -0.2) is 24.4 Å². The van der Waals surface area contributed by atoms with Crippen LogP contribution in [0, 0.1) is 0 Å². The number of rotatable bonds is 0. The van der Waals surface area contributed by atoms with Gasteiger partial charge in [-0.05, 0) is 5.67 Å². The summed E-state index contributed by atoms with van der Waals surface area (Å²) in [5, 5.41) is 0. The van der Waals surface area contributed by atoms with Gasteiger partial charge in [0, 0.05) is 9.52 Å². The van der Waals surface area contributed by atoms with E-state index in [0.29, 0.717) is 9.52 Å². The highest BCUT2D eigenvalue weighted by Crippen LogP contribution is 2.20. The Hall–Kier alpha value is 1.61. The molecule has 0 aromatic carbocycles. The molecule has 0 aliphatic carbocycles. The summed E-state index contributed by atoms with van der Waals surface area (Å²) in [6, 6.07) is 0. The van der Waals surface area contributed by atoms with Gasteiger partial charge in [0.15, 0.2) is 0 Å². The first-order valence-electron chi connectivity index (χ1n) is 3.07. The van der Waals surface area contributed by atoms with Crippen molar-refractivity contribution in [1.82, 2.24) is 0 Å². The van der Waals surface area contributed by atoms with Gasteiger partial charge in [0.25, 0.3) is 0 Å². The second-order valence-corrected chi connectivity index (χ2v) is 19.7. The first-order valence-corrected chi connectivity index (χ1v) is 14.7. The fourth-order valence-corrected chi connectivity index (χ4v) is 34.5. The summed E-state index contributed by atoms with van der Waals surface area (Å²) in [6.45, 7) is 0. The van der Waals surface area contributed by atoms with E-state index in [0.717, 1.165) is 0 Å². The summed E-state index contributed by atoms with van der Waals surface area (Å²) in [4.78, 5) is 0. The van der Waals surface area contributed by atoms with Crippen LogP contribution in [0.5, 0.6) is 0 Å². The van der Waals surface area contributed by atoms with Crippen molar-refractivity contribution in [2.75, 3.05) is 0 Å². The number of hydrogen-bond acceptors (Lipinski definition) is 0. The van der Waals surface area contributed by atoms with Gasteiger partial charge in [0.1, 0.15) is 14.8 Å². The van der Waals surface area contributed by atoms with Crippen LogP contribution in [-0.2, 0) is 0 Å². The maximum Gasteiger partial charge on any atom is 0.109 e. The molecule has 1 aliphatic heterocycles. The molecule has 0 bridgehead atoms. The van der Waals surface area contributed by atoms with E-state index in [1.807, 2.05) is 0 Å². The van der Waals surface area contributed by atoms with Crippen LogP contribution < -0.4 is 0 Å². The highest BCUT2D eigenvalue weighted by molar-refractivity contribution is 9.26. The molecule has 0 nitrogen and oxygen atoms in total. The summed E-state index contributed by atoms with van der Waals surface area (Å²) in [5.74, 6) is 0. The molecule has 1 saturated heterocycles. The van der Waals surface area contributed by atoms with Crippen molar-refractivity contribution in [2.24, 2.45) is 0 Å². The smallest absolute Gasteiger partial charge is 0.109 e. The van der Waals surface area contributed by atoms with Crippen molar-refractivity contribution in [1.29, 1.82) is 0 Å². The fourth-order valence-electron chi connectivity index (χ4n) is 1.07. The van der Waals surface area contributed by atoms with Crippen LogP contribution in [0.3, 0.4) is 0 Å². The monoisotopic (exact) mass is 288 g/mol. The first-order chi connectivity index (χ1) is 3.79. The summed E-state index contributed by atoms with van der Waals surface area (Å²) in [7, 11) is -0.0833. The molecule has 0 N–H and O–H groups in total. The second-order valence-electron chi connectivity index (χ2n) is 2.36. The molecule has 0 saturated carbocycles. The van der Waals surface area contributed by atoms with Gasteiger partial charge in [0.2, 0.25) is 0 Å². The Morgan fingerprint density at radius 3 is 1.88 bits per heavy atom. The van der Waals surface area contributed by atoms with Crippen LogP contribution in [0.25, 0.3) is 0 Å². The summed E-state index contributed by atoms with van der Waals surface area (Å²) >= 11 is 7.61.